The molecule has 0 atom stereocenters. The van der Waals surface area contributed by atoms with Gasteiger partial charge in [0.25, 0.3) is 0 Å². The summed E-state index contributed by atoms with van der Waals surface area (Å²) >= 11 is 0. The van der Waals surface area contributed by atoms with Gasteiger partial charge in [-0.2, -0.15) is 5.10 Å². The number of nitrogens with one attached hydrogen (secondary N) is 3. The summed E-state index contributed by atoms with van der Waals surface area (Å²) < 4.78 is 14.4. The predicted octanol–water partition coefficient (Wildman–Crippen LogP) is 8.65. The van der Waals surface area contributed by atoms with E-state index in [2.05, 4.69) is 116 Å². The molecule has 0 unspecified atom stereocenters. The zero-order valence-corrected chi connectivity index (χ0v) is 30.1. The van der Waals surface area contributed by atoms with Gasteiger partial charge in [-0.3, -0.25) is 10.1 Å². The van der Waals surface area contributed by atoms with E-state index in [9.17, 15) is 4.39 Å². The van der Waals surface area contributed by atoms with Gasteiger partial charge in [0.2, 0.25) is 0 Å². The molecule has 0 spiro atoms. The third-order valence-electron chi connectivity index (χ3n) is 7.25. The zero-order chi connectivity index (χ0) is 36.2. The zero-order valence-electron chi connectivity index (χ0n) is 30.1. The molecule has 0 aliphatic carbocycles. The van der Waals surface area contributed by atoms with Gasteiger partial charge in [0.15, 0.2) is 0 Å². The summed E-state index contributed by atoms with van der Waals surface area (Å²) in [5, 5.41) is 13.3. The minimum absolute atomic E-state index is 0.287. The second-order valence-electron chi connectivity index (χ2n) is 10.7. The van der Waals surface area contributed by atoms with Crippen molar-refractivity contribution < 1.29 is 4.39 Å². The van der Waals surface area contributed by atoms with Crippen molar-refractivity contribution >= 4 is 23.6 Å². The van der Waals surface area contributed by atoms with E-state index in [1.807, 2.05) is 51.2 Å². The maximum Gasteiger partial charge on any atom is 0.124 e. The van der Waals surface area contributed by atoms with Crippen LogP contribution >= 0.6 is 0 Å². The minimum atomic E-state index is -0.287. The van der Waals surface area contributed by atoms with Gasteiger partial charge in [0.1, 0.15) is 11.5 Å². The van der Waals surface area contributed by atoms with Crippen molar-refractivity contribution in [1.82, 2.24) is 30.4 Å². The summed E-state index contributed by atoms with van der Waals surface area (Å²) in [4.78, 5) is 10.2. The smallest absolute Gasteiger partial charge is 0.124 e. The average Bonchev–Trinajstić information content (AvgIpc) is 3.70. The molecule has 0 aliphatic rings. The molecule has 0 saturated carbocycles. The van der Waals surface area contributed by atoms with Gasteiger partial charge in [-0.1, -0.05) is 51.3 Å². The van der Waals surface area contributed by atoms with Crippen molar-refractivity contribution in [3.8, 4) is 22.6 Å². The van der Waals surface area contributed by atoms with Crippen molar-refractivity contribution in [3.63, 3.8) is 0 Å². The molecule has 3 heterocycles. The molecule has 4 aromatic rings. The first-order valence-corrected chi connectivity index (χ1v) is 16.2. The fraction of sp³-hybridized carbons (Fsp3) is 0.268. The molecule has 3 aromatic heterocycles. The van der Waals surface area contributed by atoms with Crippen LogP contribution in [0.4, 0.5) is 4.39 Å². The van der Waals surface area contributed by atoms with Gasteiger partial charge in [-0.15, -0.1) is 26.3 Å². The number of nitrogens with zero attached hydrogens (tertiary/aromatic N) is 3. The number of benzene rings is 1. The normalized spacial score (nSPS) is 12.1. The Balaban J connectivity index is 0.00000182. The van der Waals surface area contributed by atoms with E-state index < -0.39 is 0 Å². The van der Waals surface area contributed by atoms with Gasteiger partial charge in [0.05, 0.1) is 16.7 Å². The van der Waals surface area contributed by atoms with Crippen LogP contribution in [0.25, 0.3) is 46.2 Å². The van der Waals surface area contributed by atoms with E-state index in [-0.39, 0.29) is 5.82 Å². The fourth-order valence-corrected chi connectivity index (χ4v) is 5.01. The van der Waals surface area contributed by atoms with E-state index in [0.29, 0.717) is 12.2 Å². The standard InChI is InChI=1S/C35H41FN6.C2H6.2C2H4/c1-8-25(11-10-16-42(6)7)17-27(9-2)23(3)12-13-31-24(4)34(41-40-31)33-21-30-32(39-33)14-15-38-35(30)28-18-26(22-37-5)19-29(36)20-28;3*1-2/h8-9,12-15,17-21,37,39-40H,1,4,10-11,16,22H2,2-3,5-7H3;1-2H3;2*1-2H2/b23-12+,25-17+,27-9+,31-13+;;;. The number of fused-ring (bicyclic) bond motifs is 1. The molecule has 256 valence electrons. The predicted molar refractivity (Wildman–Crippen MR) is 209 cm³/mol. The Morgan fingerprint density at radius 2 is 1.77 bits per heavy atom. The molecule has 0 amide bonds. The molecule has 3 N–H and O–H groups in total. The summed E-state index contributed by atoms with van der Waals surface area (Å²) in [6.07, 6.45) is 14.2. The summed E-state index contributed by atoms with van der Waals surface area (Å²) in [5.74, 6) is -0.287. The summed E-state index contributed by atoms with van der Waals surface area (Å²) in [5.41, 5.74) is 8.26. The molecular weight excluding hydrogens is 595 g/mol. The molecule has 4 rings (SSSR count). The lowest BCUT2D eigenvalue weighted by Gasteiger charge is -2.10. The molecule has 0 aliphatic heterocycles. The summed E-state index contributed by atoms with van der Waals surface area (Å²) in [6, 6.07) is 8.94. The van der Waals surface area contributed by atoms with Crippen molar-refractivity contribution in [2.45, 2.75) is 47.1 Å². The Kier molecular flexibility index (Phi) is 18.7. The first-order chi connectivity index (χ1) is 23.2. The van der Waals surface area contributed by atoms with Crippen LogP contribution in [-0.2, 0) is 6.54 Å². The lowest BCUT2D eigenvalue weighted by atomic mass is 10.0. The molecule has 7 heteroatoms. The Morgan fingerprint density at radius 1 is 1.06 bits per heavy atom. The molecule has 1 aromatic carbocycles. The number of allylic oxidation sites excluding steroid dienone is 7. The number of halogens is 1. The highest BCUT2D eigenvalue weighted by atomic mass is 19.1. The van der Waals surface area contributed by atoms with Gasteiger partial charge < -0.3 is 15.2 Å². The van der Waals surface area contributed by atoms with Crippen LogP contribution in [0.1, 0.15) is 46.1 Å². The second kappa shape index (κ2) is 21.9. The molecule has 48 heavy (non-hydrogen) atoms. The van der Waals surface area contributed by atoms with Gasteiger partial charge in [0, 0.05) is 34.4 Å². The maximum atomic E-state index is 14.4. The van der Waals surface area contributed by atoms with Gasteiger partial charge in [-0.05, 0) is 113 Å². The van der Waals surface area contributed by atoms with Crippen molar-refractivity contribution in [2.24, 2.45) is 0 Å². The average molecular weight is 651 g/mol. The van der Waals surface area contributed by atoms with Crippen LogP contribution in [0.5, 0.6) is 0 Å². The largest absolute Gasteiger partial charge is 0.353 e. The number of hydrogen-bond acceptors (Lipinski definition) is 4. The Bertz CT molecular complexity index is 1800. The summed E-state index contributed by atoms with van der Waals surface area (Å²) in [7, 11) is 6.03. The third kappa shape index (κ3) is 11.4. The van der Waals surface area contributed by atoms with E-state index in [1.54, 1.807) is 6.20 Å². The lowest BCUT2D eigenvalue weighted by Crippen LogP contribution is -2.21. The molecule has 0 radical (unpaired) electrons. The van der Waals surface area contributed by atoms with Crippen LogP contribution in [0.15, 0.2) is 110 Å². The monoisotopic (exact) mass is 650 g/mol. The van der Waals surface area contributed by atoms with Crippen LogP contribution in [0.3, 0.4) is 0 Å². The lowest BCUT2D eigenvalue weighted by molar-refractivity contribution is 0.400. The topological polar surface area (TPSA) is 72.6 Å². The number of H-pyrrole nitrogens is 2. The number of rotatable bonds is 12. The first-order valence-electron chi connectivity index (χ1n) is 16.2. The molecule has 0 saturated heterocycles. The number of aromatic nitrogens is 4. The highest BCUT2D eigenvalue weighted by molar-refractivity contribution is 5.96. The van der Waals surface area contributed by atoms with Crippen LogP contribution in [-0.4, -0.2) is 52.8 Å². The van der Waals surface area contributed by atoms with E-state index in [0.717, 1.165) is 74.5 Å². The Labute approximate surface area is 287 Å². The molecular formula is C41H55FN6. The quantitative estimate of drug-likeness (QED) is 0.106. The van der Waals surface area contributed by atoms with Crippen LogP contribution in [0.2, 0.25) is 0 Å². The highest BCUT2D eigenvalue weighted by Crippen LogP contribution is 2.30. The van der Waals surface area contributed by atoms with Crippen molar-refractivity contribution in [3.05, 3.63) is 132 Å². The second-order valence-corrected chi connectivity index (χ2v) is 10.7. The number of aromatic amines is 2. The van der Waals surface area contributed by atoms with Crippen LogP contribution in [0, 0.1) is 5.82 Å². The number of hydrogen-bond donors (Lipinski definition) is 3. The SMILES string of the molecule is C=C.C=C.C=C\C(=C/C(=C\C)C(/C)=C/C=c1/[nH]nc(-c2cc3c(-c4cc(F)cc(CNC)c4)nccc3[nH]2)c1=C)CCCN(C)C.CC. The summed E-state index contributed by atoms with van der Waals surface area (Å²) in [6.45, 7) is 30.1. The number of pyridine rings is 1. The maximum absolute atomic E-state index is 14.4. The minimum Gasteiger partial charge on any atom is -0.353 e. The van der Waals surface area contributed by atoms with E-state index in [4.69, 9.17) is 0 Å². The van der Waals surface area contributed by atoms with Gasteiger partial charge >= 0.3 is 0 Å². The van der Waals surface area contributed by atoms with E-state index >= 15 is 0 Å². The fourth-order valence-electron chi connectivity index (χ4n) is 5.01. The molecule has 6 nitrogen and oxygen atoms in total. The highest BCUT2D eigenvalue weighted by Gasteiger charge is 2.14. The first kappa shape index (κ1) is 41.2. The van der Waals surface area contributed by atoms with Gasteiger partial charge in [-0.25, -0.2) is 4.39 Å². The Hall–Kier alpha value is -4.85. The van der Waals surface area contributed by atoms with Crippen molar-refractivity contribution in [1.29, 1.82) is 0 Å². The van der Waals surface area contributed by atoms with Crippen LogP contribution < -0.4 is 15.9 Å². The van der Waals surface area contributed by atoms with E-state index in [1.165, 1.54) is 17.7 Å². The van der Waals surface area contributed by atoms with Crippen molar-refractivity contribution in [2.75, 3.05) is 27.7 Å². The molecule has 0 fully saturated rings. The Morgan fingerprint density at radius 3 is 2.40 bits per heavy atom. The third-order valence-corrected chi connectivity index (χ3v) is 7.25. The molecule has 0 bridgehead atoms.